The zero-order valence-electron chi connectivity index (χ0n) is 10.9. The van der Waals surface area contributed by atoms with Crippen LogP contribution in [0.4, 0.5) is 17.6 Å². The number of alkyl halides is 3. The number of benzene rings is 1. The molecule has 0 amide bonds. The predicted octanol–water partition coefficient (Wildman–Crippen LogP) is 3.22. The van der Waals surface area contributed by atoms with Gasteiger partial charge in [-0.1, -0.05) is 0 Å². The lowest BCUT2D eigenvalue weighted by Crippen LogP contribution is -2.31. The van der Waals surface area contributed by atoms with Gasteiger partial charge in [0.25, 0.3) is 0 Å². The fourth-order valence-corrected chi connectivity index (χ4v) is 1.84. The second-order valence-electron chi connectivity index (χ2n) is 5.03. The number of hydrogen-bond acceptors (Lipinski definition) is 2. The van der Waals surface area contributed by atoms with Crippen LogP contribution in [0.5, 0.6) is 0 Å². The Hall–Kier alpha value is -1.89. The number of rotatable bonds is 2. The number of halogens is 4. The molecule has 1 heterocycles. The molecule has 0 fully saturated rings. The molecule has 0 aliphatic heterocycles. The highest BCUT2D eigenvalue weighted by atomic mass is 19.4. The zero-order chi connectivity index (χ0) is 15.1. The Morgan fingerprint density at radius 1 is 1.20 bits per heavy atom. The molecule has 2 N–H and O–H groups in total. The van der Waals surface area contributed by atoms with Crippen molar-refractivity contribution in [1.82, 2.24) is 9.55 Å². The van der Waals surface area contributed by atoms with E-state index in [4.69, 9.17) is 5.73 Å². The highest BCUT2D eigenvalue weighted by Gasteiger charge is 2.32. The summed E-state index contributed by atoms with van der Waals surface area (Å²) in [4.78, 5) is 3.83. The molecule has 1 aromatic carbocycles. The van der Waals surface area contributed by atoms with Gasteiger partial charge in [0.15, 0.2) is 0 Å². The van der Waals surface area contributed by atoms with Crippen LogP contribution in [0.3, 0.4) is 0 Å². The lowest BCUT2D eigenvalue weighted by atomic mass is 10.0. The summed E-state index contributed by atoms with van der Waals surface area (Å²) in [5.41, 5.74) is 4.30. The third-order valence-electron chi connectivity index (χ3n) is 2.83. The standard InChI is InChI=1S/C13H13F4N3/c1-12(2,18)11-6-19-7-20(11)10-5-8(13(15,16)17)3-4-9(10)14/h3-7H,18H2,1-2H3. The molecule has 0 aliphatic rings. The number of aromatic nitrogens is 2. The fourth-order valence-electron chi connectivity index (χ4n) is 1.84. The maximum atomic E-state index is 13.8. The van der Waals surface area contributed by atoms with E-state index in [1.807, 2.05) is 0 Å². The number of nitrogens with two attached hydrogens (primary N) is 1. The van der Waals surface area contributed by atoms with Gasteiger partial charge in [-0.25, -0.2) is 9.37 Å². The Kier molecular flexibility index (Phi) is 3.33. The highest BCUT2D eigenvalue weighted by molar-refractivity contribution is 5.41. The first-order chi connectivity index (χ1) is 9.10. The molecule has 0 atom stereocenters. The minimum atomic E-state index is -4.54. The largest absolute Gasteiger partial charge is 0.416 e. The van der Waals surface area contributed by atoms with Crippen molar-refractivity contribution in [3.05, 3.63) is 47.8 Å². The molecule has 0 spiro atoms. The van der Waals surface area contributed by atoms with Gasteiger partial charge >= 0.3 is 6.18 Å². The van der Waals surface area contributed by atoms with Crippen molar-refractivity contribution >= 4 is 0 Å². The number of nitrogens with zero attached hydrogens (tertiary/aromatic N) is 2. The summed E-state index contributed by atoms with van der Waals surface area (Å²) < 4.78 is 53.2. The van der Waals surface area contributed by atoms with Crippen LogP contribution in [0.25, 0.3) is 5.69 Å². The van der Waals surface area contributed by atoms with Crippen molar-refractivity contribution in [3.8, 4) is 5.69 Å². The van der Waals surface area contributed by atoms with Gasteiger partial charge in [-0.15, -0.1) is 0 Å². The first kappa shape index (κ1) is 14.5. The van der Waals surface area contributed by atoms with Gasteiger partial charge in [-0.3, -0.25) is 4.57 Å². The van der Waals surface area contributed by atoms with Crippen molar-refractivity contribution in [2.75, 3.05) is 0 Å². The Labute approximate surface area is 113 Å². The first-order valence-electron chi connectivity index (χ1n) is 5.79. The first-order valence-corrected chi connectivity index (χ1v) is 5.79. The maximum Gasteiger partial charge on any atom is 0.416 e. The lowest BCUT2D eigenvalue weighted by molar-refractivity contribution is -0.137. The number of hydrogen-bond donors (Lipinski definition) is 1. The van der Waals surface area contributed by atoms with E-state index in [-0.39, 0.29) is 5.69 Å². The van der Waals surface area contributed by atoms with E-state index >= 15 is 0 Å². The van der Waals surface area contributed by atoms with Crippen molar-refractivity contribution < 1.29 is 17.6 Å². The molecule has 0 saturated carbocycles. The fraction of sp³-hybridized carbons (Fsp3) is 0.308. The molecule has 0 radical (unpaired) electrons. The minimum Gasteiger partial charge on any atom is -0.321 e. The predicted molar refractivity (Wildman–Crippen MR) is 65.7 cm³/mol. The third-order valence-corrected chi connectivity index (χ3v) is 2.83. The molecule has 2 aromatic rings. The van der Waals surface area contributed by atoms with Crippen molar-refractivity contribution in [1.29, 1.82) is 0 Å². The molecule has 0 saturated heterocycles. The van der Waals surface area contributed by atoms with Crippen LogP contribution in [0.1, 0.15) is 25.1 Å². The second-order valence-corrected chi connectivity index (χ2v) is 5.03. The topological polar surface area (TPSA) is 43.8 Å². The summed E-state index contributed by atoms with van der Waals surface area (Å²) in [5, 5.41) is 0. The molecule has 1 aromatic heterocycles. The van der Waals surface area contributed by atoms with E-state index < -0.39 is 23.1 Å². The van der Waals surface area contributed by atoms with Crippen LogP contribution < -0.4 is 5.73 Å². The van der Waals surface area contributed by atoms with E-state index in [0.29, 0.717) is 11.8 Å². The van der Waals surface area contributed by atoms with Crippen molar-refractivity contribution in [3.63, 3.8) is 0 Å². The Morgan fingerprint density at radius 2 is 1.85 bits per heavy atom. The van der Waals surface area contributed by atoms with Gasteiger partial charge in [0.05, 0.1) is 35.0 Å². The molecule has 2 rings (SSSR count). The molecule has 3 nitrogen and oxygen atoms in total. The van der Waals surface area contributed by atoms with Gasteiger partial charge in [0, 0.05) is 0 Å². The summed E-state index contributed by atoms with van der Waals surface area (Å²) in [6.07, 6.45) is -1.90. The van der Waals surface area contributed by atoms with Gasteiger partial charge in [-0.05, 0) is 32.0 Å². The van der Waals surface area contributed by atoms with Crippen molar-refractivity contribution in [2.24, 2.45) is 5.73 Å². The van der Waals surface area contributed by atoms with Crippen LogP contribution in [-0.2, 0) is 11.7 Å². The molecule has 0 unspecified atom stereocenters. The lowest BCUT2D eigenvalue weighted by Gasteiger charge is -2.21. The van der Waals surface area contributed by atoms with E-state index in [9.17, 15) is 17.6 Å². The SMILES string of the molecule is CC(C)(N)c1cncn1-c1cc(C(F)(F)F)ccc1F. The van der Waals surface area contributed by atoms with Gasteiger partial charge in [0.1, 0.15) is 5.82 Å². The summed E-state index contributed by atoms with van der Waals surface area (Å²) in [6, 6.07) is 2.22. The normalized spacial score (nSPS) is 12.8. The number of imidazole rings is 1. The van der Waals surface area contributed by atoms with E-state index in [1.54, 1.807) is 13.8 Å². The molecular weight excluding hydrogens is 274 g/mol. The van der Waals surface area contributed by atoms with Gasteiger partial charge < -0.3 is 5.73 Å². The molecule has 20 heavy (non-hydrogen) atoms. The molecule has 0 bridgehead atoms. The Morgan fingerprint density at radius 3 is 2.40 bits per heavy atom. The average Bonchev–Trinajstić information content (AvgIpc) is 2.76. The monoisotopic (exact) mass is 287 g/mol. The average molecular weight is 287 g/mol. The van der Waals surface area contributed by atoms with Crippen LogP contribution in [0, 0.1) is 5.82 Å². The summed E-state index contributed by atoms with van der Waals surface area (Å²) in [7, 11) is 0. The second kappa shape index (κ2) is 4.59. The third kappa shape index (κ3) is 2.67. The van der Waals surface area contributed by atoms with Gasteiger partial charge in [0.2, 0.25) is 0 Å². The van der Waals surface area contributed by atoms with Crippen molar-refractivity contribution in [2.45, 2.75) is 25.6 Å². The van der Waals surface area contributed by atoms with E-state index in [2.05, 4.69) is 4.98 Å². The summed E-state index contributed by atoms with van der Waals surface area (Å²) in [5.74, 6) is -0.776. The maximum absolute atomic E-state index is 13.8. The summed E-state index contributed by atoms with van der Waals surface area (Å²) in [6.45, 7) is 3.32. The van der Waals surface area contributed by atoms with E-state index in [1.165, 1.54) is 17.1 Å². The van der Waals surface area contributed by atoms with Crippen LogP contribution >= 0.6 is 0 Å². The molecule has 108 valence electrons. The molecule has 0 aliphatic carbocycles. The zero-order valence-corrected chi connectivity index (χ0v) is 10.9. The van der Waals surface area contributed by atoms with Crippen LogP contribution in [-0.4, -0.2) is 9.55 Å². The molecule has 7 heteroatoms. The molecular formula is C13H13F4N3. The van der Waals surface area contributed by atoms with Crippen LogP contribution in [0.2, 0.25) is 0 Å². The van der Waals surface area contributed by atoms with Gasteiger partial charge in [-0.2, -0.15) is 13.2 Å². The van der Waals surface area contributed by atoms with Crippen LogP contribution in [0.15, 0.2) is 30.7 Å². The Balaban J connectivity index is 2.62. The van der Waals surface area contributed by atoms with E-state index in [0.717, 1.165) is 12.1 Å². The Bertz CT molecular complexity index is 623. The smallest absolute Gasteiger partial charge is 0.321 e. The quantitative estimate of drug-likeness (QED) is 0.862. The minimum absolute atomic E-state index is 0.231. The highest BCUT2D eigenvalue weighted by Crippen LogP contribution is 2.32. The summed E-state index contributed by atoms with van der Waals surface area (Å²) >= 11 is 0.